The first kappa shape index (κ1) is 16.2. The first-order chi connectivity index (χ1) is 10.1. The average molecular weight is 350 g/mol. The highest BCUT2D eigenvalue weighted by Gasteiger charge is 2.12. The molecule has 2 unspecified atom stereocenters. The number of rotatable bonds is 6. The Labute approximate surface area is 134 Å². The second-order valence-electron chi connectivity index (χ2n) is 5.41. The molecule has 0 aliphatic rings. The maximum absolute atomic E-state index is 12.9. The van der Waals surface area contributed by atoms with E-state index in [1.165, 1.54) is 17.7 Å². The third kappa shape index (κ3) is 4.94. The molecule has 2 rings (SSSR count). The molecule has 0 aromatic heterocycles. The van der Waals surface area contributed by atoms with E-state index in [1.54, 1.807) is 0 Å². The van der Waals surface area contributed by atoms with Crippen molar-refractivity contribution >= 4 is 15.9 Å². The monoisotopic (exact) mass is 349 g/mol. The van der Waals surface area contributed by atoms with Gasteiger partial charge in [0.25, 0.3) is 0 Å². The van der Waals surface area contributed by atoms with Crippen LogP contribution in [-0.4, -0.2) is 6.04 Å². The van der Waals surface area contributed by atoms with Crippen molar-refractivity contribution in [1.29, 1.82) is 0 Å². The first-order valence-electron chi connectivity index (χ1n) is 7.34. The second-order valence-corrected chi connectivity index (χ2v) is 6.33. The lowest BCUT2D eigenvalue weighted by Gasteiger charge is -2.23. The van der Waals surface area contributed by atoms with E-state index < -0.39 is 0 Å². The summed E-state index contributed by atoms with van der Waals surface area (Å²) in [5, 5.41) is 3.66. The van der Waals surface area contributed by atoms with Gasteiger partial charge in [0.05, 0.1) is 0 Å². The lowest BCUT2D eigenvalue weighted by Crippen LogP contribution is -2.31. The molecule has 2 aromatic carbocycles. The highest BCUT2D eigenvalue weighted by molar-refractivity contribution is 9.10. The Morgan fingerprint density at radius 2 is 1.67 bits per heavy atom. The van der Waals surface area contributed by atoms with Gasteiger partial charge in [-0.1, -0.05) is 47.1 Å². The third-order valence-electron chi connectivity index (χ3n) is 3.62. The van der Waals surface area contributed by atoms with Crippen molar-refractivity contribution in [2.45, 2.75) is 38.8 Å². The molecular weight excluding hydrogens is 329 g/mol. The molecule has 0 heterocycles. The van der Waals surface area contributed by atoms with E-state index in [1.807, 2.05) is 12.1 Å². The number of hydrogen-bond acceptors (Lipinski definition) is 1. The number of hydrogen-bond donors (Lipinski definition) is 1. The molecule has 0 fully saturated rings. The molecule has 0 bridgehead atoms. The van der Waals surface area contributed by atoms with Crippen molar-refractivity contribution in [2.24, 2.45) is 0 Å². The zero-order valence-corrected chi connectivity index (χ0v) is 14.0. The molecule has 0 amide bonds. The van der Waals surface area contributed by atoms with Crippen LogP contribution in [0.3, 0.4) is 0 Å². The number of halogens is 2. The molecular formula is C18H21BrFN. The third-order valence-corrected chi connectivity index (χ3v) is 4.15. The first-order valence-corrected chi connectivity index (χ1v) is 8.13. The fraction of sp³-hybridized carbons (Fsp3) is 0.333. The summed E-state index contributed by atoms with van der Waals surface area (Å²) in [6, 6.07) is 15.9. The van der Waals surface area contributed by atoms with Crippen molar-refractivity contribution in [3.8, 4) is 0 Å². The van der Waals surface area contributed by atoms with Crippen LogP contribution < -0.4 is 5.32 Å². The highest BCUT2D eigenvalue weighted by Crippen LogP contribution is 2.20. The molecule has 0 aliphatic heterocycles. The summed E-state index contributed by atoms with van der Waals surface area (Å²) in [4.78, 5) is 0. The van der Waals surface area contributed by atoms with Gasteiger partial charge in [0, 0.05) is 16.6 Å². The van der Waals surface area contributed by atoms with Gasteiger partial charge < -0.3 is 5.32 Å². The molecule has 1 N–H and O–H groups in total. The molecule has 3 heteroatoms. The van der Waals surface area contributed by atoms with Gasteiger partial charge in [-0.3, -0.25) is 0 Å². The standard InChI is InChI=1S/C18H21BrFN/c1-3-18(15-6-8-16(19)9-7-15)21-13(2)12-14-4-10-17(20)11-5-14/h4-11,13,18,21H,3,12H2,1-2H3. The smallest absolute Gasteiger partial charge is 0.123 e. The molecule has 0 spiro atoms. The molecule has 1 nitrogen and oxygen atoms in total. The van der Waals surface area contributed by atoms with Gasteiger partial charge in [-0.15, -0.1) is 0 Å². The van der Waals surface area contributed by atoms with E-state index >= 15 is 0 Å². The topological polar surface area (TPSA) is 12.0 Å². The SMILES string of the molecule is CCC(NC(C)Cc1ccc(F)cc1)c1ccc(Br)cc1. The van der Waals surface area contributed by atoms with Gasteiger partial charge in [-0.25, -0.2) is 4.39 Å². The Morgan fingerprint density at radius 3 is 2.24 bits per heavy atom. The van der Waals surface area contributed by atoms with Crippen molar-refractivity contribution in [3.05, 3.63) is 69.9 Å². The van der Waals surface area contributed by atoms with Crippen LogP contribution in [-0.2, 0) is 6.42 Å². The van der Waals surface area contributed by atoms with Gasteiger partial charge in [-0.2, -0.15) is 0 Å². The van der Waals surface area contributed by atoms with Crippen LogP contribution in [0, 0.1) is 5.82 Å². The van der Waals surface area contributed by atoms with Gasteiger partial charge in [0.1, 0.15) is 5.82 Å². The molecule has 2 atom stereocenters. The normalized spacial score (nSPS) is 13.9. The fourth-order valence-electron chi connectivity index (χ4n) is 2.52. The lowest BCUT2D eigenvalue weighted by atomic mass is 10.0. The van der Waals surface area contributed by atoms with Crippen LogP contribution in [0.25, 0.3) is 0 Å². The fourth-order valence-corrected chi connectivity index (χ4v) is 2.79. The summed E-state index contributed by atoms with van der Waals surface area (Å²) < 4.78 is 14.0. The zero-order valence-electron chi connectivity index (χ0n) is 12.4. The Hall–Kier alpha value is -1.19. The molecule has 0 saturated carbocycles. The summed E-state index contributed by atoms with van der Waals surface area (Å²) >= 11 is 3.47. The van der Waals surface area contributed by atoms with Gasteiger partial charge in [-0.05, 0) is 55.2 Å². The summed E-state index contributed by atoms with van der Waals surface area (Å²) in [6.45, 7) is 4.36. The predicted molar refractivity (Wildman–Crippen MR) is 89.9 cm³/mol. The van der Waals surface area contributed by atoms with Crippen LogP contribution in [0.4, 0.5) is 4.39 Å². The summed E-state index contributed by atoms with van der Waals surface area (Å²) in [6.07, 6.45) is 1.93. The Balaban J connectivity index is 1.97. The molecule has 0 saturated heterocycles. The zero-order chi connectivity index (χ0) is 15.2. The Kier molecular flexibility index (Phi) is 5.95. The summed E-state index contributed by atoms with van der Waals surface area (Å²) in [5.74, 6) is -0.180. The van der Waals surface area contributed by atoms with Crippen molar-refractivity contribution in [2.75, 3.05) is 0 Å². The summed E-state index contributed by atoms with van der Waals surface area (Å²) in [7, 11) is 0. The molecule has 112 valence electrons. The largest absolute Gasteiger partial charge is 0.307 e. The molecule has 2 aromatic rings. The van der Waals surface area contributed by atoms with Gasteiger partial charge in [0.2, 0.25) is 0 Å². The minimum absolute atomic E-state index is 0.180. The van der Waals surface area contributed by atoms with E-state index in [4.69, 9.17) is 0 Å². The predicted octanol–water partition coefficient (Wildman–Crippen LogP) is 5.26. The maximum Gasteiger partial charge on any atom is 0.123 e. The minimum atomic E-state index is -0.180. The highest BCUT2D eigenvalue weighted by atomic mass is 79.9. The van der Waals surface area contributed by atoms with Crippen molar-refractivity contribution in [3.63, 3.8) is 0 Å². The Bertz CT molecular complexity index is 550. The molecule has 0 radical (unpaired) electrons. The average Bonchev–Trinajstić information content (AvgIpc) is 2.48. The van der Waals surface area contributed by atoms with Crippen LogP contribution in [0.5, 0.6) is 0 Å². The minimum Gasteiger partial charge on any atom is -0.307 e. The van der Waals surface area contributed by atoms with Gasteiger partial charge >= 0.3 is 0 Å². The second kappa shape index (κ2) is 7.71. The van der Waals surface area contributed by atoms with E-state index in [0.29, 0.717) is 12.1 Å². The molecule has 21 heavy (non-hydrogen) atoms. The van der Waals surface area contributed by atoms with E-state index in [2.05, 4.69) is 59.4 Å². The van der Waals surface area contributed by atoms with Crippen LogP contribution in [0.15, 0.2) is 53.0 Å². The molecule has 0 aliphatic carbocycles. The quantitative estimate of drug-likeness (QED) is 0.749. The van der Waals surface area contributed by atoms with E-state index in [9.17, 15) is 4.39 Å². The van der Waals surface area contributed by atoms with Crippen LogP contribution >= 0.6 is 15.9 Å². The maximum atomic E-state index is 12.9. The van der Waals surface area contributed by atoms with E-state index in [-0.39, 0.29) is 5.82 Å². The number of nitrogens with one attached hydrogen (secondary N) is 1. The van der Waals surface area contributed by atoms with Gasteiger partial charge in [0.15, 0.2) is 0 Å². The van der Waals surface area contributed by atoms with E-state index in [0.717, 1.165) is 22.9 Å². The van der Waals surface area contributed by atoms with Crippen LogP contribution in [0.1, 0.15) is 37.4 Å². The number of benzene rings is 2. The Morgan fingerprint density at radius 1 is 1.05 bits per heavy atom. The lowest BCUT2D eigenvalue weighted by molar-refractivity contribution is 0.443. The summed E-state index contributed by atoms with van der Waals surface area (Å²) in [5.41, 5.74) is 2.45. The van der Waals surface area contributed by atoms with Crippen molar-refractivity contribution < 1.29 is 4.39 Å². The van der Waals surface area contributed by atoms with Crippen LogP contribution in [0.2, 0.25) is 0 Å². The van der Waals surface area contributed by atoms with Crippen molar-refractivity contribution in [1.82, 2.24) is 5.32 Å².